The van der Waals surface area contributed by atoms with E-state index in [1.54, 1.807) is 0 Å². The van der Waals surface area contributed by atoms with Gasteiger partial charge in [-0.15, -0.1) is 0 Å². The van der Waals surface area contributed by atoms with Crippen LogP contribution in [0.15, 0.2) is 72.8 Å². The number of fused-ring (bicyclic) bond motifs is 5. The Morgan fingerprint density at radius 2 is 1.17 bits per heavy atom. The highest BCUT2D eigenvalue weighted by atomic mass is 35.5. The second-order valence-corrected chi connectivity index (χ2v) is 6.85. The molecule has 0 fully saturated rings. The van der Waals surface area contributed by atoms with E-state index in [0.29, 0.717) is 0 Å². The molecule has 3 aromatic carbocycles. The number of hydrogen-bond acceptors (Lipinski definition) is 0. The Morgan fingerprint density at radius 3 is 1.92 bits per heavy atom. The van der Waals surface area contributed by atoms with E-state index in [4.69, 9.17) is 23.2 Å². The molecule has 24 heavy (non-hydrogen) atoms. The lowest BCUT2D eigenvalue weighted by Gasteiger charge is -2.10. The lowest BCUT2D eigenvalue weighted by molar-refractivity contribution is 1.54. The van der Waals surface area contributed by atoms with Gasteiger partial charge in [-0.3, -0.25) is 0 Å². The molecule has 0 spiro atoms. The first-order valence-corrected chi connectivity index (χ1v) is 8.61. The zero-order chi connectivity index (χ0) is 16.3. The number of halogens is 2. The topological polar surface area (TPSA) is 0 Å². The van der Waals surface area contributed by atoms with E-state index in [1.165, 1.54) is 27.8 Å². The summed E-state index contributed by atoms with van der Waals surface area (Å²) in [6, 6.07) is 24.9. The highest BCUT2D eigenvalue weighted by Gasteiger charge is 2.36. The van der Waals surface area contributed by atoms with E-state index in [-0.39, 0.29) is 0 Å². The summed E-state index contributed by atoms with van der Waals surface area (Å²) in [5, 5.41) is 1.55. The molecule has 0 aromatic heterocycles. The zero-order valence-electron chi connectivity index (χ0n) is 12.7. The van der Waals surface area contributed by atoms with Gasteiger partial charge in [0.15, 0.2) is 0 Å². The Bertz CT molecular complexity index is 1060. The minimum Gasteiger partial charge on any atom is -0.0843 e. The minimum atomic E-state index is 0.732. The van der Waals surface area contributed by atoms with E-state index >= 15 is 0 Å². The second kappa shape index (κ2) is 5.11. The Labute approximate surface area is 150 Å². The third-order valence-corrected chi connectivity index (χ3v) is 5.36. The van der Waals surface area contributed by atoms with Crippen LogP contribution < -0.4 is 0 Å². The van der Waals surface area contributed by atoms with Crippen LogP contribution in [0.25, 0.3) is 21.8 Å². The average Bonchev–Trinajstić information content (AvgIpc) is 3.09. The molecule has 2 aliphatic rings. The number of allylic oxidation sites excluding steroid dienone is 2. The van der Waals surface area contributed by atoms with Gasteiger partial charge in [0.05, 0.1) is 5.03 Å². The maximum Gasteiger partial charge on any atom is 0.0569 e. The van der Waals surface area contributed by atoms with Crippen molar-refractivity contribution in [2.24, 2.45) is 0 Å². The van der Waals surface area contributed by atoms with Crippen LogP contribution in [0.5, 0.6) is 0 Å². The first kappa shape index (κ1) is 14.1. The van der Waals surface area contributed by atoms with Crippen molar-refractivity contribution in [2.75, 3.05) is 0 Å². The van der Waals surface area contributed by atoms with Crippen molar-refractivity contribution in [1.29, 1.82) is 0 Å². The molecule has 0 aliphatic heterocycles. The fraction of sp³-hybridized carbons (Fsp3) is 0. The highest BCUT2D eigenvalue weighted by molar-refractivity contribution is 6.59. The van der Waals surface area contributed by atoms with E-state index in [2.05, 4.69) is 48.5 Å². The van der Waals surface area contributed by atoms with Crippen LogP contribution in [0.1, 0.15) is 27.8 Å². The Balaban J connectivity index is 1.93. The standard InChI is InChI=1S/C22H12Cl2/c23-14-10-11-17-18(12-14)20-19(13-6-2-1-3-7-13)15-8-4-5-9-16(15)21(20)22(17)24/h1-12H. The molecule has 0 saturated carbocycles. The van der Waals surface area contributed by atoms with Crippen molar-refractivity contribution in [3.05, 3.63) is 106 Å². The van der Waals surface area contributed by atoms with E-state index < -0.39 is 0 Å². The molecule has 0 saturated heterocycles. The Hall–Kier alpha value is -2.28. The van der Waals surface area contributed by atoms with Gasteiger partial charge in [-0.05, 0) is 40.0 Å². The van der Waals surface area contributed by atoms with Crippen molar-refractivity contribution in [3.8, 4) is 0 Å². The molecule has 114 valence electrons. The first-order chi connectivity index (χ1) is 11.8. The molecule has 0 atom stereocenters. The third-order valence-electron chi connectivity index (χ3n) is 4.74. The average molecular weight is 347 g/mol. The molecule has 2 aliphatic carbocycles. The van der Waals surface area contributed by atoms with Gasteiger partial charge in [0.1, 0.15) is 0 Å². The number of hydrogen-bond donors (Lipinski definition) is 0. The van der Waals surface area contributed by atoms with Crippen LogP contribution in [0.2, 0.25) is 5.02 Å². The van der Waals surface area contributed by atoms with Gasteiger partial charge in [0.2, 0.25) is 0 Å². The smallest absolute Gasteiger partial charge is 0.0569 e. The summed E-state index contributed by atoms with van der Waals surface area (Å²) in [5.41, 5.74) is 9.38. The van der Waals surface area contributed by atoms with Gasteiger partial charge in [-0.1, -0.05) is 83.9 Å². The molecule has 0 N–H and O–H groups in total. The molecule has 3 aromatic rings. The normalized spacial score (nSPS) is 14.8. The van der Waals surface area contributed by atoms with Crippen LogP contribution >= 0.6 is 23.2 Å². The van der Waals surface area contributed by atoms with Gasteiger partial charge < -0.3 is 0 Å². The molecular formula is C22H12Cl2. The van der Waals surface area contributed by atoms with E-state index in [1.807, 2.05) is 24.3 Å². The predicted molar refractivity (Wildman–Crippen MR) is 103 cm³/mol. The molecule has 0 amide bonds. The van der Waals surface area contributed by atoms with Crippen LogP contribution in [-0.4, -0.2) is 0 Å². The van der Waals surface area contributed by atoms with Crippen LogP contribution in [-0.2, 0) is 0 Å². The van der Waals surface area contributed by atoms with Crippen molar-refractivity contribution >= 4 is 45.0 Å². The van der Waals surface area contributed by atoms with Gasteiger partial charge in [-0.2, -0.15) is 0 Å². The summed E-state index contributed by atoms with van der Waals surface area (Å²) in [6.45, 7) is 0. The van der Waals surface area contributed by atoms with Crippen LogP contribution in [0, 0.1) is 0 Å². The molecule has 0 heterocycles. The third kappa shape index (κ3) is 1.81. The van der Waals surface area contributed by atoms with Crippen LogP contribution in [0.4, 0.5) is 0 Å². The van der Waals surface area contributed by atoms with E-state index in [0.717, 1.165) is 26.8 Å². The summed E-state index contributed by atoms with van der Waals surface area (Å²) >= 11 is 13.1. The summed E-state index contributed by atoms with van der Waals surface area (Å²) < 4.78 is 0. The van der Waals surface area contributed by atoms with Gasteiger partial charge >= 0.3 is 0 Å². The molecule has 2 heteroatoms. The summed E-state index contributed by atoms with van der Waals surface area (Å²) in [4.78, 5) is 0. The highest BCUT2D eigenvalue weighted by Crippen LogP contribution is 2.58. The summed E-state index contributed by atoms with van der Waals surface area (Å²) in [5.74, 6) is 0. The fourth-order valence-electron chi connectivity index (χ4n) is 3.76. The maximum atomic E-state index is 6.78. The fourth-order valence-corrected chi connectivity index (χ4v) is 4.30. The Kier molecular flexibility index (Phi) is 3.00. The number of benzene rings is 3. The predicted octanol–water partition coefficient (Wildman–Crippen LogP) is 6.73. The second-order valence-electron chi connectivity index (χ2n) is 6.04. The van der Waals surface area contributed by atoms with Gasteiger partial charge in [-0.25, -0.2) is 0 Å². The van der Waals surface area contributed by atoms with Crippen molar-refractivity contribution in [2.45, 2.75) is 0 Å². The molecule has 5 rings (SSSR count). The molecule has 0 nitrogen and oxygen atoms in total. The van der Waals surface area contributed by atoms with Gasteiger partial charge in [0, 0.05) is 21.7 Å². The SMILES string of the molecule is ClC1=C2C(=C(c3ccccc3)c3ccccc32)c2cc(Cl)ccc21. The van der Waals surface area contributed by atoms with Crippen molar-refractivity contribution in [3.63, 3.8) is 0 Å². The minimum absolute atomic E-state index is 0.732. The lowest BCUT2D eigenvalue weighted by atomic mass is 9.94. The summed E-state index contributed by atoms with van der Waals surface area (Å²) in [6.07, 6.45) is 0. The monoisotopic (exact) mass is 346 g/mol. The zero-order valence-corrected chi connectivity index (χ0v) is 14.2. The lowest BCUT2D eigenvalue weighted by Crippen LogP contribution is -1.90. The van der Waals surface area contributed by atoms with Crippen molar-refractivity contribution < 1.29 is 0 Å². The largest absolute Gasteiger partial charge is 0.0843 e. The first-order valence-electron chi connectivity index (χ1n) is 7.85. The van der Waals surface area contributed by atoms with Crippen molar-refractivity contribution in [1.82, 2.24) is 0 Å². The molecular weight excluding hydrogens is 335 g/mol. The molecule has 0 bridgehead atoms. The van der Waals surface area contributed by atoms with Crippen LogP contribution in [0.3, 0.4) is 0 Å². The van der Waals surface area contributed by atoms with Gasteiger partial charge in [0.25, 0.3) is 0 Å². The quantitative estimate of drug-likeness (QED) is 0.458. The molecule has 0 unspecified atom stereocenters. The van der Waals surface area contributed by atoms with E-state index in [9.17, 15) is 0 Å². The summed E-state index contributed by atoms with van der Waals surface area (Å²) in [7, 11) is 0. The molecule has 0 radical (unpaired) electrons. The maximum absolute atomic E-state index is 6.78. The number of rotatable bonds is 1. The Morgan fingerprint density at radius 1 is 0.500 bits per heavy atom.